The molecule has 0 unspecified atom stereocenters. The first-order valence-corrected chi connectivity index (χ1v) is 18.1. The highest BCUT2D eigenvalue weighted by atomic mass is 31.1. The van der Waals surface area contributed by atoms with Crippen molar-refractivity contribution in [3.05, 3.63) is 157 Å². The van der Waals surface area contributed by atoms with Crippen LogP contribution in [0.3, 0.4) is 0 Å². The third-order valence-corrected chi connectivity index (χ3v) is 13.7. The van der Waals surface area contributed by atoms with E-state index in [1.165, 1.54) is 43.0 Å². The van der Waals surface area contributed by atoms with Crippen LogP contribution in [0.15, 0.2) is 146 Å². The Morgan fingerprint density at radius 1 is 0.435 bits per heavy atom. The molecule has 0 aliphatic carbocycles. The second-order valence-electron chi connectivity index (χ2n) is 11.7. The molecule has 0 fully saturated rings. The Labute approximate surface area is 274 Å². The lowest BCUT2D eigenvalue weighted by atomic mass is 9.76. The van der Waals surface area contributed by atoms with Crippen LogP contribution in [0.25, 0.3) is 0 Å². The van der Waals surface area contributed by atoms with E-state index in [-0.39, 0.29) is 5.41 Å². The van der Waals surface area contributed by atoms with Crippen LogP contribution in [-0.2, 0) is 5.41 Å². The van der Waals surface area contributed by atoms with Crippen molar-refractivity contribution >= 4 is 47.7 Å². The smallest absolute Gasteiger partial charge is 0.139 e. The van der Waals surface area contributed by atoms with Crippen molar-refractivity contribution in [2.75, 3.05) is 14.2 Å². The van der Waals surface area contributed by atoms with Crippen LogP contribution < -0.4 is 46.0 Å². The second kappa shape index (κ2) is 12.8. The van der Waals surface area contributed by atoms with Crippen molar-refractivity contribution in [1.29, 1.82) is 0 Å². The third kappa shape index (κ3) is 5.28. The molecule has 6 aromatic carbocycles. The Morgan fingerprint density at radius 2 is 0.804 bits per heavy atom. The van der Waals surface area contributed by atoms with Crippen LogP contribution in [-0.4, -0.2) is 14.2 Å². The van der Waals surface area contributed by atoms with E-state index >= 15 is 0 Å². The van der Waals surface area contributed by atoms with Gasteiger partial charge in [-0.1, -0.05) is 147 Å². The molecule has 0 amide bonds. The van der Waals surface area contributed by atoms with Crippen LogP contribution in [0.4, 0.5) is 0 Å². The van der Waals surface area contributed by atoms with Crippen LogP contribution in [0.5, 0.6) is 23.0 Å². The molecule has 0 aromatic heterocycles. The Bertz CT molecular complexity index is 1850. The van der Waals surface area contributed by atoms with Crippen molar-refractivity contribution in [1.82, 2.24) is 0 Å². The summed E-state index contributed by atoms with van der Waals surface area (Å²) in [6.07, 6.45) is 0. The van der Waals surface area contributed by atoms with Gasteiger partial charge >= 0.3 is 0 Å². The van der Waals surface area contributed by atoms with Crippen LogP contribution >= 0.6 is 15.8 Å². The summed E-state index contributed by atoms with van der Waals surface area (Å²) in [5.74, 6) is 3.65. The highest BCUT2D eigenvalue weighted by molar-refractivity contribution is 7.80. The number of para-hydroxylation sites is 4. The van der Waals surface area contributed by atoms with Crippen molar-refractivity contribution in [3.8, 4) is 23.0 Å². The lowest BCUT2D eigenvalue weighted by Gasteiger charge is -2.38. The van der Waals surface area contributed by atoms with E-state index in [0.29, 0.717) is 0 Å². The molecular weight excluding hydrogens is 602 g/mol. The molecule has 1 heterocycles. The van der Waals surface area contributed by atoms with Gasteiger partial charge in [-0.3, -0.25) is 0 Å². The molecule has 0 N–H and O–H groups in total. The largest absolute Gasteiger partial charge is 0.496 e. The average molecular weight is 639 g/mol. The van der Waals surface area contributed by atoms with Crippen LogP contribution in [0.2, 0.25) is 0 Å². The number of methoxy groups -OCH3 is 2. The van der Waals surface area contributed by atoms with E-state index in [1.807, 2.05) is 12.1 Å². The van der Waals surface area contributed by atoms with Crippen molar-refractivity contribution < 1.29 is 14.2 Å². The van der Waals surface area contributed by atoms with E-state index in [0.717, 1.165) is 23.0 Å². The van der Waals surface area contributed by atoms with Gasteiger partial charge in [-0.2, -0.15) is 0 Å². The van der Waals surface area contributed by atoms with Crippen molar-refractivity contribution in [3.63, 3.8) is 0 Å². The van der Waals surface area contributed by atoms with Crippen molar-refractivity contribution in [2.24, 2.45) is 0 Å². The Kier molecular flexibility index (Phi) is 8.39. The Balaban J connectivity index is 1.47. The molecule has 1 aliphatic heterocycles. The zero-order valence-electron chi connectivity index (χ0n) is 26.5. The SMILES string of the molecule is COc1ccccc1[P@@](c1ccccc1)c1cccc2c1Oc1c([P@](c3ccccc3)c3ccccc3OC)cccc1C2(C)C. The molecule has 6 aromatic rings. The summed E-state index contributed by atoms with van der Waals surface area (Å²) in [5.41, 5.74) is 2.08. The molecule has 1 aliphatic rings. The molecule has 228 valence electrons. The second-order valence-corrected chi connectivity index (χ2v) is 16.0. The maximum absolute atomic E-state index is 7.32. The third-order valence-electron chi connectivity index (χ3n) is 8.70. The number of hydrogen-bond acceptors (Lipinski definition) is 3. The first-order valence-electron chi connectivity index (χ1n) is 15.4. The summed E-state index contributed by atoms with van der Waals surface area (Å²) >= 11 is 0. The van der Waals surface area contributed by atoms with Gasteiger partial charge in [-0.05, 0) is 38.6 Å². The van der Waals surface area contributed by atoms with Gasteiger partial charge < -0.3 is 14.2 Å². The lowest BCUT2D eigenvalue weighted by molar-refractivity contribution is 0.418. The maximum Gasteiger partial charge on any atom is 0.139 e. The van der Waals surface area contributed by atoms with Gasteiger partial charge in [0.2, 0.25) is 0 Å². The molecule has 0 radical (unpaired) electrons. The zero-order valence-corrected chi connectivity index (χ0v) is 28.3. The summed E-state index contributed by atoms with van der Waals surface area (Å²) < 4.78 is 19.2. The van der Waals surface area contributed by atoms with E-state index in [2.05, 4.69) is 147 Å². The number of benzene rings is 6. The van der Waals surface area contributed by atoms with Gasteiger partial charge in [-0.25, -0.2) is 0 Å². The molecule has 0 bridgehead atoms. The summed E-state index contributed by atoms with van der Waals surface area (Å²) in [7, 11) is 1.50. The monoisotopic (exact) mass is 638 g/mol. The molecule has 0 spiro atoms. The number of fused-ring (bicyclic) bond motifs is 2. The summed E-state index contributed by atoms with van der Waals surface area (Å²) in [6, 6.07) is 51.6. The van der Waals surface area contributed by atoms with E-state index in [4.69, 9.17) is 14.2 Å². The molecule has 5 heteroatoms. The van der Waals surface area contributed by atoms with Gasteiger partial charge in [-0.15, -0.1) is 0 Å². The minimum atomic E-state index is -1.00. The molecule has 2 atom stereocenters. The summed E-state index contributed by atoms with van der Waals surface area (Å²) in [5, 5.41) is 7.19. The fraction of sp³-hybridized carbons (Fsp3) is 0.122. The number of ether oxygens (including phenoxy) is 3. The first-order chi connectivity index (χ1) is 22.5. The van der Waals surface area contributed by atoms with Gasteiger partial charge in [0.25, 0.3) is 0 Å². The number of rotatable bonds is 8. The topological polar surface area (TPSA) is 27.7 Å². The highest BCUT2D eigenvalue weighted by Gasteiger charge is 2.39. The predicted octanol–water partition coefficient (Wildman–Crippen LogP) is 7.65. The van der Waals surface area contributed by atoms with Gasteiger partial charge in [0.05, 0.1) is 14.2 Å². The lowest BCUT2D eigenvalue weighted by Crippen LogP contribution is -2.33. The Morgan fingerprint density at radius 3 is 1.22 bits per heavy atom. The van der Waals surface area contributed by atoms with Crippen molar-refractivity contribution in [2.45, 2.75) is 19.3 Å². The standard InChI is InChI=1S/C41H36O3P2/c1-41(2)31-21-15-27-37(45(29-17-7-5-8-18-29)35-25-13-11-23-33(35)42-3)39(31)44-40-32(41)22-16-28-38(40)46(30-19-9-6-10-20-30)36-26-14-12-24-34(36)43-4/h5-28H,1-4H3/t45-,46-/m1/s1. The first kappa shape index (κ1) is 30.2. The number of hydrogen-bond donors (Lipinski definition) is 0. The molecular formula is C41H36O3P2. The Hall–Kier alpha value is -4.42. The minimum Gasteiger partial charge on any atom is -0.496 e. The summed E-state index contributed by atoms with van der Waals surface area (Å²) in [4.78, 5) is 0. The minimum absolute atomic E-state index is 0.300. The molecule has 3 nitrogen and oxygen atoms in total. The predicted molar refractivity (Wildman–Crippen MR) is 196 cm³/mol. The molecule has 0 saturated carbocycles. The van der Waals surface area contributed by atoms with Gasteiger partial charge in [0.15, 0.2) is 0 Å². The molecule has 7 rings (SSSR count). The van der Waals surface area contributed by atoms with E-state index < -0.39 is 15.8 Å². The van der Waals surface area contributed by atoms with Gasteiger partial charge in [0, 0.05) is 37.8 Å². The fourth-order valence-corrected chi connectivity index (χ4v) is 11.5. The normalized spacial score (nSPS) is 14.3. The van der Waals surface area contributed by atoms with E-state index in [9.17, 15) is 0 Å². The van der Waals surface area contributed by atoms with E-state index in [1.54, 1.807) is 14.2 Å². The average Bonchev–Trinajstić information content (AvgIpc) is 3.10. The summed E-state index contributed by atoms with van der Waals surface area (Å²) in [6.45, 7) is 4.64. The molecule has 46 heavy (non-hydrogen) atoms. The zero-order chi connectivity index (χ0) is 31.7. The van der Waals surface area contributed by atoms with Crippen LogP contribution in [0.1, 0.15) is 25.0 Å². The maximum atomic E-state index is 7.32. The highest BCUT2D eigenvalue weighted by Crippen LogP contribution is 2.52. The van der Waals surface area contributed by atoms with Crippen LogP contribution in [0, 0.1) is 0 Å². The molecule has 0 saturated heterocycles. The fourth-order valence-electron chi connectivity index (χ4n) is 6.45. The quantitative estimate of drug-likeness (QED) is 0.160. The van der Waals surface area contributed by atoms with Gasteiger partial charge in [0.1, 0.15) is 23.0 Å².